The minimum atomic E-state index is 0.809. The molecule has 0 bridgehead atoms. The Kier molecular flexibility index (Phi) is 5.50. The summed E-state index contributed by atoms with van der Waals surface area (Å²) in [5.74, 6) is 0.902. The Hall–Kier alpha value is -1.22. The molecule has 4 rings (SSSR count). The van der Waals surface area contributed by atoms with Gasteiger partial charge in [-0.3, -0.25) is 0 Å². The van der Waals surface area contributed by atoms with Gasteiger partial charge in [0.25, 0.3) is 0 Å². The van der Waals surface area contributed by atoms with E-state index in [1.807, 2.05) is 17.8 Å². The lowest BCUT2D eigenvalue weighted by Crippen LogP contribution is -2.22. The number of rotatable bonds is 5. The maximum Gasteiger partial charge on any atom is 0.0412 e. The Balaban J connectivity index is 1.50. The maximum atomic E-state index is 6.28. The van der Waals surface area contributed by atoms with E-state index in [2.05, 4.69) is 47.8 Å². The Morgan fingerprint density at radius 1 is 1.04 bits per heavy atom. The lowest BCUT2D eigenvalue weighted by atomic mass is 9.96. The summed E-state index contributed by atoms with van der Waals surface area (Å²) in [7, 11) is 0. The van der Waals surface area contributed by atoms with Crippen LogP contribution < -0.4 is 5.32 Å². The van der Waals surface area contributed by atoms with E-state index < -0.39 is 0 Å². The zero-order chi connectivity index (χ0) is 17.1. The summed E-state index contributed by atoms with van der Waals surface area (Å²) < 4.78 is 0. The fourth-order valence-corrected chi connectivity index (χ4v) is 5.16. The molecule has 0 unspecified atom stereocenters. The van der Waals surface area contributed by atoms with Crippen LogP contribution >= 0.6 is 23.4 Å². The summed E-state index contributed by atoms with van der Waals surface area (Å²) in [5.41, 5.74) is 3.93. The molecule has 2 aromatic carbocycles. The average molecular weight is 370 g/mol. The summed E-state index contributed by atoms with van der Waals surface area (Å²) in [4.78, 5) is 2.63. The number of hydrogen-bond acceptors (Lipinski definition) is 2. The van der Waals surface area contributed by atoms with E-state index in [0.29, 0.717) is 0 Å². The van der Waals surface area contributed by atoms with Crippen LogP contribution in [0.4, 0.5) is 0 Å². The van der Waals surface area contributed by atoms with Crippen LogP contribution in [0.1, 0.15) is 43.2 Å². The maximum absolute atomic E-state index is 6.28. The molecular formula is C22H24ClNS. The molecular weight excluding hydrogens is 346 g/mol. The van der Waals surface area contributed by atoms with Crippen LogP contribution in [0, 0.1) is 5.92 Å². The van der Waals surface area contributed by atoms with Crippen molar-refractivity contribution in [1.29, 1.82) is 0 Å². The van der Waals surface area contributed by atoms with Gasteiger partial charge >= 0.3 is 0 Å². The lowest BCUT2D eigenvalue weighted by molar-refractivity contribution is 0.493. The van der Waals surface area contributed by atoms with Crippen LogP contribution in [-0.4, -0.2) is 13.1 Å². The molecule has 130 valence electrons. The van der Waals surface area contributed by atoms with Gasteiger partial charge in [-0.15, -0.1) is 0 Å². The minimum absolute atomic E-state index is 0.809. The highest BCUT2D eigenvalue weighted by Crippen LogP contribution is 2.46. The first-order chi connectivity index (χ1) is 12.3. The molecule has 2 aliphatic rings. The van der Waals surface area contributed by atoms with Gasteiger partial charge in [-0.2, -0.15) is 0 Å². The van der Waals surface area contributed by atoms with Gasteiger partial charge in [0.2, 0.25) is 0 Å². The highest BCUT2D eigenvalue weighted by atomic mass is 35.5. The molecule has 0 saturated heterocycles. The van der Waals surface area contributed by atoms with E-state index in [9.17, 15) is 0 Å². The van der Waals surface area contributed by atoms with Crippen molar-refractivity contribution in [1.82, 2.24) is 5.32 Å². The van der Waals surface area contributed by atoms with Gasteiger partial charge in [-0.25, -0.2) is 0 Å². The monoisotopic (exact) mass is 369 g/mol. The zero-order valence-electron chi connectivity index (χ0n) is 14.4. The molecule has 1 aliphatic carbocycles. The quantitative estimate of drug-likeness (QED) is 0.522. The van der Waals surface area contributed by atoms with Crippen molar-refractivity contribution < 1.29 is 0 Å². The summed E-state index contributed by atoms with van der Waals surface area (Å²) in [6, 6.07) is 14.9. The zero-order valence-corrected chi connectivity index (χ0v) is 16.0. The Labute approximate surface area is 159 Å². The molecule has 0 aromatic heterocycles. The van der Waals surface area contributed by atoms with Gasteiger partial charge in [-0.1, -0.05) is 60.5 Å². The van der Waals surface area contributed by atoms with Gasteiger partial charge in [0.15, 0.2) is 0 Å². The van der Waals surface area contributed by atoms with Crippen molar-refractivity contribution in [3.63, 3.8) is 0 Å². The molecule has 25 heavy (non-hydrogen) atoms. The highest BCUT2D eigenvalue weighted by molar-refractivity contribution is 7.99. The molecule has 1 saturated carbocycles. The highest BCUT2D eigenvalue weighted by Gasteiger charge is 2.20. The first-order valence-electron chi connectivity index (χ1n) is 9.29. The topological polar surface area (TPSA) is 12.0 Å². The van der Waals surface area contributed by atoms with Crippen molar-refractivity contribution >= 4 is 28.9 Å². The summed E-state index contributed by atoms with van der Waals surface area (Å²) in [5, 5.41) is 4.46. The van der Waals surface area contributed by atoms with Crippen molar-refractivity contribution in [3.05, 3.63) is 64.7 Å². The van der Waals surface area contributed by atoms with Crippen LogP contribution in [0.3, 0.4) is 0 Å². The van der Waals surface area contributed by atoms with E-state index in [4.69, 9.17) is 11.6 Å². The Morgan fingerprint density at radius 2 is 1.84 bits per heavy atom. The number of fused-ring (bicyclic) bond motifs is 2. The second-order valence-corrected chi connectivity index (χ2v) is 8.52. The van der Waals surface area contributed by atoms with Gasteiger partial charge in [0.05, 0.1) is 0 Å². The first kappa shape index (κ1) is 17.2. The Bertz CT molecular complexity index is 777. The van der Waals surface area contributed by atoms with Crippen molar-refractivity contribution in [2.75, 3.05) is 13.1 Å². The van der Waals surface area contributed by atoms with Crippen molar-refractivity contribution in [2.45, 2.75) is 41.9 Å². The third-order valence-corrected chi connectivity index (χ3v) is 6.59. The fourth-order valence-electron chi connectivity index (χ4n) is 3.90. The van der Waals surface area contributed by atoms with Gasteiger partial charge in [0.1, 0.15) is 0 Å². The molecule has 2 aromatic rings. The van der Waals surface area contributed by atoms with E-state index in [1.54, 1.807) is 0 Å². The number of hydrogen-bond donors (Lipinski definition) is 1. The first-order valence-corrected chi connectivity index (χ1v) is 10.5. The van der Waals surface area contributed by atoms with E-state index in [-0.39, 0.29) is 0 Å². The van der Waals surface area contributed by atoms with Gasteiger partial charge < -0.3 is 5.32 Å². The molecule has 1 aliphatic heterocycles. The summed E-state index contributed by atoms with van der Waals surface area (Å²) in [6.07, 6.45) is 9.09. The molecule has 1 nitrogen and oxygen atoms in total. The Morgan fingerprint density at radius 3 is 2.72 bits per heavy atom. The number of nitrogens with one attached hydrogen (secondary N) is 1. The second kappa shape index (κ2) is 7.99. The molecule has 1 N–H and O–H groups in total. The molecule has 3 heteroatoms. The molecule has 1 heterocycles. The normalized spacial score (nSPS) is 18.4. The number of benzene rings is 2. The van der Waals surface area contributed by atoms with E-state index in [0.717, 1.165) is 23.9 Å². The van der Waals surface area contributed by atoms with Gasteiger partial charge in [-0.05, 0) is 79.2 Å². The van der Waals surface area contributed by atoms with Gasteiger partial charge in [0, 0.05) is 14.8 Å². The van der Waals surface area contributed by atoms with Crippen LogP contribution in [0.2, 0.25) is 5.02 Å². The standard InChI is InChI=1S/C22H24ClNS/c23-17-11-12-22-20(14-17)18(19-8-3-4-10-21(19)25-22)9-5-13-24-15-16-6-1-2-7-16/h3-4,8-12,14,16,24H,1-2,5-7,13,15H2/b18-9+. The molecule has 0 spiro atoms. The van der Waals surface area contributed by atoms with E-state index in [1.165, 1.54) is 58.7 Å². The van der Waals surface area contributed by atoms with Crippen LogP contribution in [0.25, 0.3) is 5.57 Å². The van der Waals surface area contributed by atoms with E-state index >= 15 is 0 Å². The van der Waals surface area contributed by atoms with Crippen LogP contribution in [0.5, 0.6) is 0 Å². The van der Waals surface area contributed by atoms with Crippen LogP contribution in [-0.2, 0) is 0 Å². The van der Waals surface area contributed by atoms with Crippen molar-refractivity contribution in [2.24, 2.45) is 5.92 Å². The van der Waals surface area contributed by atoms with Crippen LogP contribution in [0.15, 0.2) is 58.3 Å². The molecule has 1 fully saturated rings. The van der Waals surface area contributed by atoms with Crippen molar-refractivity contribution in [3.8, 4) is 0 Å². The lowest BCUT2D eigenvalue weighted by Gasteiger charge is -2.22. The summed E-state index contributed by atoms with van der Waals surface area (Å²) in [6.45, 7) is 2.23. The predicted molar refractivity (Wildman–Crippen MR) is 109 cm³/mol. The SMILES string of the molecule is Clc1ccc2c(c1)/C(=C/CCNCC1CCCC1)c1ccccc1S2. The average Bonchev–Trinajstić information content (AvgIpc) is 3.14. The number of halogens is 1. The molecule has 0 radical (unpaired) electrons. The molecule has 0 atom stereocenters. The third kappa shape index (κ3) is 3.97. The third-order valence-electron chi connectivity index (χ3n) is 5.21. The predicted octanol–water partition coefficient (Wildman–Crippen LogP) is 6.41. The fraction of sp³-hybridized carbons (Fsp3) is 0.364. The largest absolute Gasteiger partial charge is 0.316 e. The molecule has 0 amide bonds. The smallest absolute Gasteiger partial charge is 0.0412 e. The summed E-state index contributed by atoms with van der Waals surface area (Å²) >= 11 is 8.12. The minimum Gasteiger partial charge on any atom is -0.316 e. The second-order valence-electron chi connectivity index (χ2n) is 7.00.